The minimum Gasteiger partial charge on any atom is -0.444 e. The Labute approximate surface area is 117 Å². The summed E-state index contributed by atoms with van der Waals surface area (Å²) >= 11 is 0. The van der Waals surface area contributed by atoms with Crippen LogP contribution in [-0.4, -0.2) is 42.8 Å². The summed E-state index contributed by atoms with van der Waals surface area (Å²) < 4.78 is 5.55. The third-order valence-corrected chi connectivity index (χ3v) is 3.71. The number of rotatable bonds is 4. The Morgan fingerprint density at radius 1 is 1.42 bits per heavy atom. The number of carbonyl (C=O) groups excluding carboxylic acids is 1. The van der Waals surface area contributed by atoms with Crippen molar-refractivity contribution in [2.24, 2.45) is 5.92 Å². The molecule has 1 heterocycles. The van der Waals surface area contributed by atoms with Crippen LogP contribution >= 0.6 is 0 Å². The molecule has 0 bridgehead atoms. The van der Waals surface area contributed by atoms with Crippen LogP contribution < -0.4 is 5.32 Å². The van der Waals surface area contributed by atoms with Crippen molar-refractivity contribution in [3.63, 3.8) is 0 Å². The van der Waals surface area contributed by atoms with Crippen molar-refractivity contribution in [3.05, 3.63) is 0 Å². The van der Waals surface area contributed by atoms with Crippen molar-refractivity contribution >= 4 is 6.09 Å². The minimum atomic E-state index is -0.413. The van der Waals surface area contributed by atoms with Gasteiger partial charge in [0.1, 0.15) is 5.60 Å². The molecule has 0 aromatic rings. The summed E-state index contributed by atoms with van der Waals surface area (Å²) in [6.07, 6.45) is 4.34. The Balaban J connectivity index is 2.73. The molecule has 1 aliphatic rings. The van der Waals surface area contributed by atoms with Gasteiger partial charge in [-0.25, -0.2) is 4.79 Å². The maximum absolute atomic E-state index is 12.3. The lowest BCUT2D eigenvalue weighted by Crippen LogP contribution is -2.50. The van der Waals surface area contributed by atoms with Crippen LogP contribution in [0.15, 0.2) is 0 Å². The first-order valence-electron chi connectivity index (χ1n) is 7.53. The van der Waals surface area contributed by atoms with Crippen LogP contribution in [0.25, 0.3) is 0 Å². The molecule has 0 saturated carbocycles. The van der Waals surface area contributed by atoms with Crippen molar-refractivity contribution in [3.8, 4) is 0 Å². The van der Waals surface area contributed by atoms with Gasteiger partial charge in [-0.15, -0.1) is 0 Å². The van der Waals surface area contributed by atoms with Crippen molar-refractivity contribution in [1.82, 2.24) is 10.2 Å². The van der Waals surface area contributed by atoms with Gasteiger partial charge in [-0.1, -0.05) is 13.3 Å². The molecule has 4 nitrogen and oxygen atoms in total. The van der Waals surface area contributed by atoms with Crippen LogP contribution in [0.2, 0.25) is 0 Å². The maximum Gasteiger partial charge on any atom is 0.410 e. The topological polar surface area (TPSA) is 41.6 Å². The molecule has 0 aliphatic carbocycles. The van der Waals surface area contributed by atoms with Gasteiger partial charge in [0.25, 0.3) is 0 Å². The smallest absolute Gasteiger partial charge is 0.410 e. The summed E-state index contributed by atoms with van der Waals surface area (Å²) in [6, 6.07) is 0.320. The Hall–Kier alpha value is -0.770. The van der Waals surface area contributed by atoms with Crippen LogP contribution in [0, 0.1) is 5.92 Å². The zero-order valence-corrected chi connectivity index (χ0v) is 13.2. The van der Waals surface area contributed by atoms with Gasteiger partial charge in [-0.2, -0.15) is 0 Å². The second-order valence-electron chi connectivity index (χ2n) is 6.46. The van der Waals surface area contributed by atoms with E-state index in [2.05, 4.69) is 12.2 Å². The van der Waals surface area contributed by atoms with Gasteiger partial charge in [-0.05, 0) is 59.5 Å². The molecule has 0 aromatic carbocycles. The summed E-state index contributed by atoms with van der Waals surface area (Å²) in [7, 11) is 1.98. The van der Waals surface area contributed by atoms with Crippen molar-refractivity contribution in [1.29, 1.82) is 0 Å². The lowest BCUT2D eigenvalue weighted by Gasteiger charge is -2.40. The minimum absolute atomic E-state index is 0.147. The monoisotopic (exact) mass is 270 g/mol. The zero-order chi connectivity index (χ0) is 14.5. The molecule has 1 aliphatic heterocycles. The largest absolute Gasteiger partial charge is 0.444 e. The molecule has 0 radical (unpaired) electrons. The van der Waals surface area contributed by atoms with E-state index in [1.165, 1.54) is 6.42 Å². The third-order valence-electron chi connectivity index (χ3n) is 3.71. The molecule has 1 N–H and O–H groups in total. The van der Waals surface area contributed by atoms with E-state index in [-0.39, 0.29) is 6.09 Å². The van der Waals surface area contributed by atoms with Crippen LogP contribution in [-0.2, 0) is 4.74 Å². The predicted octanol–water partition coefficient (Wildman–Crippen LogP) is 3.02. The van der Waals surface area contributed by atoms with Crippen LogP contribution in [0.3, 0.4) is 0 Å². The van der Waals surface area contributed by atoms with E-state index in [1.807, 2.05) is 32.7 Å². The van der Waals surface area contributed by atoms with Gasteiger partial charge in [0, 0.05) is 12.6 Å². The van der Waals surface area contributed by atoms with Crippen molar-refractivity contribution in [2.75, 3.05) is 20.1 Å². The van der Waals surface area contributed by atoms with Crippen LogP contribution in [0.5, 0.6) is 0 Å². The van der Waals surface area contributed by atoms with E-state index in [9.17, 15) is 4.79 Å². The van der Waals surface area contributed by atoms with Gasteiger partial charge in [-0.3, -0.25) is 0 Å². The first-order chi connectivity index (χ1) is 8.89. The number of piperidine rings is 1. The molecule has 112 valence electrons. The fourth-order valence-electron chi connectivity index (χ4n) is 2.81. The average molecular weight is 270 g/mol. The molecule has 2 unspecified atom stereocenters. The van der Waals surface area contributed by atoms with Crippen molar-refractivity contribution < 1.29 is 9.53 Å². The average Bonchev–Trinajstić information content (AvgIpc) is 2.34. The zero-order valence-electron chi connectivity index (χ0n) is 13.2. The maximum atomic E-state index is 12.3. The lowest BCUT2D eigenvalue weighted by atomic mass is 9.88. The van der Waals surface area contributed by atoms with E-state index >= 15 is 0 Å². The number of hydrogen-bond acceptors (Lipinski definition) is 3. The Morgan fingerprint density at radius 3 is 2.63 bits per heavy atom. The predicted molar refractivity (Wildman–Crippen MR) is 78.3 cm³/mol. The molecule has 0 spiro atoms. The van der Waals surface area contributed by atoms with Crippen molar-refractivity contribution in [2.45, 2.75) is 65.0 Å². The fourth-order valence-corrected chi connectivity index (χ4v) is 2.81. The molecule has 1 fully saturated rings. The number of nitrogens with one attached hydrogen (secondary N) is 1. The highest BCUT2D eigenvalue weighted by Gasteiger charge is 2.34. The first-order valence-corrected chi connectivity index (χ1v) is 7.53. The summed E-state index contributed by atoms with van der Waals surface area (Å²) in [5, 5.41) is 3.24. The Bertz CT molecular complexity index is 286. The molecule has 4 heteroatoms. The number of ether oxygens (including phenoxy) is 1. The summed E-state index contributed by atoms with van der Waals surface area (Å²) in [4.78, 5) is 14.3. The van der Waals surface area contributed by atoms with E-state index in [0.717, 1.165) is 32.4 Å². The number of likely N-dealkylation sites (tertiary alicyclic amines) is 1. The quantitative estimate of drug-likeness (QED) is 0.854. The van der Waals surface area contributed by atoms with Gasteiger partial charge >= 0.3 is 6.09 Å². The fraction of sp³-hybridized carbons (Fsp3) is 0.933. The number of carbonyl (C=O) groups is 1. The Kier molecular flexibility index (Phi) is 6.11. The highest BCUT2D eigenvalue weighted by molar-refractivity contribution is 5.68. The normalized spacial score (nSPS) is 22.2. The number of amides is 1. The molecule has 19 heavy (non-hydrogen) atoms. The third kappa shape index (κ3) is 5.01. The summed E-state index contributed by atoms with van der Waals surface area (Å²) in [5.41, 5.74) is -0.413. The van der Waals surface area contributed by atoms with E-state index in [4.69, 9.17) is 4.74 Å². The van der Waals surface area contributed by atoms with Gasteiger partial charge < -0.3 is 15.0 Å². The number of hydrogen-bond donors (Lipinski definition) is 1. The molecular weight excluding hydrogens is 240 g/mol. The Morgan fingerprint density at radius 2 is 2.11 bits per heavy atom. The van der Waals surface area contributed by atoms with Gasteiger partial charge in [0.15, 0.2) is 0 Å². The molecule has 1 amide bonds. The molecule has 0 aromatic heterocycles. The van der Waals surface area contributed by atoms with E-state index in [0.29, 0.717) is 12.0 Å². The van der Waals surface area contributed by atoms with Crippen LogP contribution in [0.4, 0.5) is 4.79 Å². The standard InChI is InChI=1S/C15H30N2O2/c1-6-12(11-16-5)13-9-7-8-10-17(13)14(18)19-15(2,3)4/h12-13,16H,6-11H2,1-5H3. The second kappa shape index (κ2) is 7.13. The highest BCUT2D eigenvalue weighted by Crippen LogP contribution is 2.26. The molecular formula is C15H30N2O2. The second-order valence-corrected chi connectivity index (χ2v) is 6.46. The van der Waals surface area contributed by atoms with E-state index in [1.54, 1.807) is 0 Å². The SMILES string of the molecule is CCC(CNC)C1CCCCN1C(=O)OC(C)(C)C. The number of nitrogens with zero attached hydrogens (tertiary/aromatic N) is 1. The van der Waals surface area contributed by atoms with E-state index < -0.39 is 5.60 Å². The van der Waals surface area contributed by atoms with Crippen LogP contribution in [0.1, 0.15) is 53.4 Å². The summed E-state index contributed by atoms with van der Waals surface area (Å²) in [6.45, 7) is 9.77. The highest BCUT2D eigenvalue weighted by atomic mass is 16.6. The van der Waals surface area contributed by atoms with Gasteiger partial charge in [0.2, 0.25) is 0 Å². The van der Waals surface area contributed by atoms with Gasteiger partial charge in [0.05, 0.1) is 0 Å². The lowest BCUT2D eigenvalue weighted by molar-refractivity contribution is 0.00127. The molecule has 1 rings (SSSR count). The summed E-state index contributed by atoms with van der Waals surface area (Å²) in [5.74, 6) is 0.512. The molecule has 1 saturated heterocycles. The molecule has 2 atom stereocenters. The first kappa shape index (κ1) is 16.3.